The zero-order chi connectivity index (χ0) is 18.5. The van der Waals surface area contributed by atoms with Crippen molar-refractivity contribution < 1.29 is 9.18 Å². The summed E-state index contributed by atoms with van der Waals surface area (Å²) in [4.78, 5) is 20.1. The SMILES string of the molecule is Nc1c(NNC(=O)c2ccc(Cl)cc2)ncnc1Nc1ccc(F)cc1. The quantitative estimate of drug-likeness (QED) is 0.512. The van der Waals surface area contributed by atoms with E-state index in [1.165, 1.54) is 18.5 Å². The minimum atomic E-state index is -0.382. The van der Waals surface area contributed by atoms with Crippen LogP contribution in [0.2, 0.25) is 5.02 Å². The van der Waals surface area contributed by atoms with E-state index in [1.807, 2.05) is 0 Å². The molecule has 5 N–H and O–H groups in total. The summed E-state index contributed by atoms with van der Waals surface area (Å²) in [6.45, 7) is 0. The number of nitrogens with two attached hydrogens (primary N) is 1. The van der Waals surface area contributed by atoms with E-state index in [2.05, 4.69) is 26.1 Å². The molecule has 132 valence electrons. The van der Waals surface area contributed by atoms with Crippen molar-refractivity contribution in [3.8, 4) is 0 Å². The Bertz CT molecular complexity index is 918. The van der Waals surface area contributed by atoms with Gasteiger partial charge in [0.15, 0.2) is 11.6 Å². The molecule has 1 amide bonds. The van der Waals surface area contributed by atoms with Crippen LogP contribution in [-0.4, -0.2) is 15.9 Å². The monoisotopic (exact) mass is 372 g/mol. The number of nitrogens with one attached hydrogen (secondary N) is 3. The van der Waals surface area contributed by atoms with Gasteiger partial charge < -0.3 is 11.1 Å². The number of halogens is 2. The van der Waals surface area contributed by atoms with Crippen molar-refractivity contribution >= 4 is 40.5 Å². The topological polar surface area (TPSA) is 105 Å². The minimum Gasteiger partial charge on any atom is -0.393 e. The van der Waals surface area contributed by atoms with E-state index in [9.17, 15) is 9.18 Å². The highest BCUT2D eigenvalue weighted by Crippen LogP contribution is 2.25. The maximum atomic E-state index is 13.0. The first-order chi connectivity index (χ1) is 12.5. The van der Waals surface area contributed by atoms with Gasteiger partial charge in [-0.15, -0.1) is 0 Å². The number of carbonyl (C=O) groups excluding carboxylic acids is 1. The van der Waals surface area contributed by atoms with Gasteiger partial charge in [-0.25, -0.2) is 14.4 Å². The number of aromatic nitrogens is 2. The highest BCUT2D eigenvalue weighted by molar-refractivity contribution is 6.30. The number of carbonyl (C=O) groups is 1. The molecule has 3 rings (SSSR count). The zero-order valence-electron chi connectivity index (χ0n) is 13.3. The van der Waals surface area contributed by atoms with Crippen LogP contribution in [0.25, 0.3) is 0 Å². The molecule has 1 aromatic heterocycles. The number of hydrogen-bond donors (Lipinski definition) is 4. The Morgan fingerprint density at radius 2 is 1.65 bits per heavy atom. The van der Waals surface area contributed by atoms with Crippen molar-refractivity contribution in [1.82, 2.24) is 15.4 Å². The molecule has 3 aromatic rings. The maximum absolute atomic E-state index is 13.0. The molecular weight excluding hydrogens is 359 g/mol. The van der Waals surface area contributed by atoms with E-state index in [4.69, 9.17) is 17.3 Å². The fourth-order valence-electron chi connectivity index (χ4n) is 2.05. The average Bonchev–Trinajstić information content (AvgIpc) is 2.64. The molecule has 0 unspecified atom stereocenters. The predicted molar refractivity (Wildman–Crippen MR) is 98.7 cm³/mol. The van der Waals surface area contributed by atoms with E-state index in [-0.39, 0.29) is 23.2 Å². The van der Waals surface area contributed by atoms with Gasteiger partial charge in [0.05, 0.1) is 0 Å². The first-order valence-electron chi connectivity index (χ1n) is 7.48. The largest absolute Gasteiger partial charge is 0.393 e. The Hall–Kier alpha value is -3.39. The molecule has 26 heavy (non-hydrogen) atoms. The summed E-state index contributed by atoms with van der Waals surface area (Å²) in [5.41, 5.74) is 12.4. The molecule has 0 aliphatic rings. The Labute approximate surface area is 153 Å². The normalized spacial score (nSPS) is 10.2. The van der Waals surface area contributed by atoms with Gasteiger partial charge in [-0.2, -0.15) is 0 Å². The zero-order valence-corrected chi connectivity index (χ0v) is 14.1. The van der Waals surface area contributed by atoms with Crippen molar-refractivity contribution in [2.45, 2.75) is 0 Å². The summed E-state index contributed by atoms with van der Waals surface area (Å²) in [6.07, 6.45) is 1.28. The van der Waals surface area contributed by atoms with E-state index in [1.54, 1.807) is 36.4 Å². The average molecular weight is 373 g/mol. The van der Waals surface area contributed by atoms with Crippen molar-refractivity contribution in [3.63, 3.8) is 0 Å². The number of nitrogens with zero attached hydrogens (tertiary/aromatic N) is 2. The fourth-order valence-corrected chi connectivity index (χ4v) is 2.18. The van der Waals surface area contributed by atoms with Gasteiger partial charge in [-0.05, 0) is 48.5 Å². The molecule has 2 aromatic carbocycles. The van der Waals surface area contributed by atoms with Crippen LogP contribution in [-0.2, 0) is 0 Å². The van der Waals surface area contributed by atoms with Crippen LogP contribution in [0.1, 0.15) is 10.4 Å². The molecule has 0 saturated heterocycles. The summed E-state index contributed by atoms with van der Waals surface area (Å²) in [5.74, 6) is -0.201. The van der Waals surface area contributed by atoms with Crippen molar-refractivity contribution in [1.29, 1.82) is 0 Å². The van der Waals surface area contributed by atoms with Crippen molar-refractivity contribution in [2.75, 3.05) is 16.5 Å². The fraction of sp³-hybridized carbons (Fsp3) is 0. The molecule has 0 radical (unpaired) electrons. The number of hydrazine groups is 1. The number of amides is 1. The van der Waals surface area contributed by atoms with Gasteiger partial charge in [-0.1, -0.05) is 11.6 Å². The second kappa shape index (κ2) is 7.66. The van der Waals surface area contributed by atoms with E-state index >= 15 is 0 Å². The third-order valence-corrected chi connectivity index (χ3v) is 3.64. The number of anilines is 4. The molecule has 0 saturated carbocycles. The summed E-state index contributed by atoms with van der Waals surface area (Å²) in [7, 11) is 0. The van der Waals surface area contributed by atoms with Crippen LogP contribution in [0.15, 0.2) is 54.9 Å². The van der Waals surface area contributed by atoms with Gasteiger partial charge in [0.25, 0.3) is 5.91 Å². The van der Waals surface area contributed by atoms with E-state index in [0.29, 0.717) is 22.1 Å². The van der Waals surface area contributed by atoms with Gasteiger partial charge >= 0.3 is 0 Å². The lowest BCUT2D eigenvalue weighted by molar-refractivity contribution is 0.0962. The first kappa shape index (κ1) is 17.4. The van der Waals surface area contributed by atoms with Crippen LogP contribution in [0, 0.1) is 5.82 Å². The molecule has 0 bridgehead atoms. The summed E-state index contributed by atoms with van der Waals surface area (Å²) in [6, 6.07) is 12.1. The van der Waals surface area contributed by atoms with Gasteiger partial charge in [0, 0.05) is 16.3 Å². The van der Waals surface area contributed by atoms with Gasteiger partial charge in [-0.3, -0.25) is 15.6 Å². The van der Waals surface area contributed by atoms with E-state index in [0.717, 1.165) is 0 Å². The molecule has 7 nitrogen and oxygen atoms in total. The first-order valence-corrected chi connectivity index (χ1v) is 7.86. The van der Waals surface area contributed by atoms with Crippen LogP contribution in [0.5, 0.6) is 0 Å². The molecule has 0 spiro atoms. The van der Waals surface area contributed by atoms with Gasteiger partial charge in [0.2, 0.25) is 0 Å². The Morgan fingerprint density at radius 1 is 1.00 bits per heavy atom. The minimum absolute atomic E-state index is 0.188. The molecule has 0 fully saturated rings. The molecule has 9 heteroatoms. The van der Waals surface area contributed by atoms with Crippen molar-refractivity contribution in [2.24, 2.45) is 0 Å². The number of nitrogen functional groups attached to an aromatic ring is 1. The summed E-state index contributed by atoms with van der Waals surface area (Å²) >= 11 is 5.79. The van der Waals surface area contributed by atoms with Crippen LogP contribution < -0.4 is 21.9 Å². The Morgan fingerprint density at radius 3 is 2.35 bits per heavy atom. The number of hydrogen-bond acceptors (Lipinski definition) is 6. The second-order valence-corrected chi connectivity index (χ2v) is 5.64. The highest BCUT2D eigenvalue weighted by Gasteiger charge is 2.10. The smallest absolute Gasteiger partial charge is 0.269 e. The molecule has 0 aliphatic heterocycles. The summed E-state index contributed by atoms with van der Waals surface area (Å²) in [5, 5.41) is 3.49. The number of rotatable bonds is 5. The van der Waals surface area contributed by atoms with Crippen LogP contribution >= 0.6 is 11.6 Å². The molecule has 1 heterocycles. The lowest BCUT2D eigenvalue weighted by Gasteiger charge is -2.13. The van der Waals surface area contributed by atoms with Crippen molar-refractivity contribution in [3.05, 3.63) is 71.3 Å². The number of benzene rings is 2. The lowest BCUT2D eigenvalue weighted by Crippen LogP contribution is -2.30. The molecular formula is C17H14ClFN6O. The Kier molecular flexibility index (Phi) is 5.14. The van der Waals surface area contributed by atoms with E-state index < -0.39 is 0 Å². The third kappa shape index (κ3) is 4.17. The van der Waals surface area contributed by atoms with Crippen LogP contribution in [0.4, 0.5) is 27.4 Å². The second-order valence-electron chi connectivity index (χ2n) is 5.20. The predicted octanol–water partition coefficient (Wildman–Crippen LogP) is 3.35. The molecule has 0 atom stereocenters. The van der Waals surface area contributed by atoms with Gasteiger partial charge in [0.1, 0.15) is 17.8 Å². The highest BCUT2D eigenvalue weighted by atomic mass is 35.5. The third-order valence-electron chi connectivity index (χ3n) is 3.39. The standard InChI is InChI=1S/C17H14ClFN6O/c18-11-3-1-10(2-4-11)17(26)25-24-16-14(20)15(21-9-22-16)23-13-7-5-12(19)6-8-13/h1-9H,20H2,(H,25,26)(H2,21,22,23,24). The summed E-state index contributed by atoms with van der Waals surface area (Å²) < 4.78 is 13.0. The maximum Gasteiger partial charge on any atom is 0.269 e. The van der Waals surface area contributed by atoms with Crippen LogP contribution in [0.3, 0.4) is 0 Å². The molecule has 0 aliphatic carbocycles. The Balaban J connectivity index is 1.69. The lowest BCUT2D eigenvalue weighted by atomic mass is 10.2.